The van der Waals surface area contributed by atoms with Crippen molar-refractivity contribution in [1.29, 1.82) is 0 Å². The molecule has 0 spiro atoms. The number of hydrogen-bond acceptors (Lipinski definition) is 4. The first-order valence-electron chi connectivity index (χ1n) is 10.8. The summed E-state index contributed by atoms with van der Waals surface area (Å²) >= 11 is 0. The molecule has 0 aliphatic rings. The minimum absolute atomic E-state index is 0.0572. The molecule has 0 radical (unpaired) electrons. The molecule has 0 aliphatic carbocycles. The number of ether oxygens (including phenoxy) is 1. The normalized spacial score (nSPS) is 16.2. The Balaban J connectivity index is 5.71. The maximum absolute atomic E-state index is 13.4. The molecule has 0 fully saturated rings. The van der Waals surface area contributed by atoms with Crippen LogP contribution in [0.1, 0.15) is 62.3 Å². The van der Waals surface area contributed by atoms with E-state index in [4.69, 9.17) is 4.74 Å². The zero-order valence-electron chi connectivity index (χ0n) is 20.5. The van der Waals surface area contributed by atoms with Crippen LogP contribution in [0.5, 0.6) is 0 Å². The molecule has 5 heteroatoms. The van der Waals surface area contributed by atoms with Crippen LogP contribution in [0.4, 0.5) is 0 Å². The Morgan fingerprint density at radius 1 is 1.07 bits per heavy atom. The number of carbonyl (C=O) groups excluding carboxylic acids is 2. The summed E-state index contributed by atoms with van der Waals surface area (Å²) in [6, 6.07) is -0.00187. The second-order valence-corrected chi connectivity index (χ2v) is 9.54. The zero-order valence-corrected chi connectivity index (χ0v) is 20.5. The van der Waals surface area contributed by atoms with E-state index in [1.165, 1.54) is 0 Å². The van der Waals surface area contributed by atoms with E-state index < -0.39 is 0 Å². The van der Waals surface area contributed by atoms with Gasteiger partial charge in [0.25, 0.3) is 0 Å². The molecule has 0 bridgehead atoms. The summed E-state index contributed by atoms with van der Waals surface area (Å²) in [5.41, 5.74) is 0.589. The summed E-state index contributed by atoms with van der Waals surface area (Å²) in [5, 5.41) is 3.32. The number of nitrogens with zero attached hydrogens (tertiary/aromatic N) is 1. The van der Waals surface area contributed by atoms with Crippen molar-refractivity contribution in [3.63, 3.8) is 0 Å². The highest BCUT2D eigenvalue weighted by Crippen LogP contribution is 2.24. The van der Waals surface area contributed by atoms with Crippen LogP contribution in [0.25, 0.3) is 0 Å². The zero-order chi connectivity index (χ0) is 22.9. The molecule has 0 rings (SSSR count). The van der Waals surface area contributed by atoms with E-state index in [2.05, 4.69) is 59.9 Å². The van der Waals surface area contributed by atoms with Gasteiger partial charge in [-0.25, -0.2) is 4.79 Å². The third-order valence-corrected chi connectivity index (χ3v) is 5.25. The average Bonchev–Trinajstić information content (AvgIpc) is 2.60. The van der Waals surface area contributed by atoms with Crippen molar-refractivity contribution in [3.8, 4) is 0 Å². The van der Waals surface area contributed by atoms with E-state index in [0.29, 0.717) is 12.2 Å². The van der Waals surface area contributed by atoms with E-state index in [0.717, 1.165) is 0 Å². The number of rotatable bonds is 10. The largest absolute Gasteiger partial charge is 0.463 e. The SMILES string of the molecule is CCOC(=O)/C(C)=C/[C@H](C(C)C)N(C)C(=O)[C@@H](/C=C/[C@@H](NC)C(C)(C)C)C(C)C. The van der Waals surface area contributed by atoms with Crippen molar-refractivity contribution in [1.82, 2.24) is 10.2 Å². The minimum Gasteiger partial charge on any atom is -0.463 e. The van der Waals surface area contributed by atoms with Crippen molar-refractivity contribution >= 4 is 11.9 Å². The topological polar surface area (TPSA) is 58.6 Å². The van der Waals surface area contributed by atoms with Crippen molar-refractivity contribution in [2.45, 2.75) is 74.4 Å². The summed E-state index contributed by atoms with van der Waals surface area (Å²) in [7, 11) is 3.76. The molecule has 168 valence electrons. The maximum atomic E-state index is 13.4. The number of carbonyl (C=O) groups is 2. The van der Waals surface area contributed by atoms with E-state index >= 15 is 0 Å². The molecule has 0 aromatic carbocycles. The van der Waals surface area contributed by atoms with Crippen LogP contribution in [0.3, 0.4) is 0 Å². The van der Waals surface area contributed by atoms with Crippen LogP contribution >= 0.6 is 0 Å². The van der Waals surface area contributed by atoms with Gasteiger partial charge in [-0.05, 0) is 38.1 Å². The van der Waals surface area contributed by atoms with Gasteiger partial charge in [-0.1, -0.05) is 66.7 Å². The van der Waals surface area contributed by atoms with Gasteiger partial charge in [-0.3, -0.25) is 4.79 Å². The highest BCUT2D eigenvalue weighted by Gasteiger charge is 2.29. The Kier molecular flexibility index (Phi) is 11.5. The fraction of sp³-hybridized carbons (Fsp3) is 0.750. The van der Waals surface area contributed by atoms with Gasteiger partial charge in [0.05, 0.1) is 18.6 Å². The molecule has 0 unspecified atom stereocenters. The lowest BCUT2D eigenvalue weighted by atomic mass is 9.84. The van der Waals surface area contributed by atoms with Crippen molar-refractivity contribution in [3.05, 3.63) is 23.8 Å². The Morgan fingerprint density at radius 3 is 2.00 bits per heavy atom. The molecule has 1 N–H and O–H groups in total. The third-order valence-electron chi connectivity index (χ3n) is 5.25. The first-order chi connectivity index (χ1) is 13.3. The fourth-order valence-electron chi connectivity index (χ4n) is 3.34. The van der Waals surface area contributed by atoms with Gasteiger partial charge in [0.15, 0.2) is 0 Å². The highest BCUT2D eigenvalue weighted by molar-refractivity contribution is 5.88. The molecule has 29 heavy (non-hydrogen) atoms. The maximum Gasteiger partial charge on any atom is 0.333 e. The molecule has 0 aromatic heterocycles. The van der Waals surface area contributed by atoms with Gasteiger partial charge in [0.1, 0.15) is 0 Å². The van der Waals surface area contributed by atoms with Gasteiger partial charge in [0, 0.05) is 18.7 Å². The molecule has 0 aliphatic heterocycles. The molecule has 0 saturated heterocycles. The van der Waals surface area contributed by atoms with Crippen LogP contribution in [-0.4, -0.2) is 49.6 Å². The highest BCUT2D eigenvalue weighted by atomic mass is 16.5. The Bertz CT molecular complexity index is 585. The smallest absolute Gasteiger partial charge is 0.333 e. The van der Waals surface area contributed by atoms with Crippen molar-refractivity contribution in [2.24, 2.45) is 23.2 Å². The monoisotopic (exact) mass is 408 g/mol. The molecule has 5 nitrogen and oxygen atoms in total. The number of likely N-dealkylation sites (N-methyl/N-ethyl adjacent to an activating group) is 2. The third kappa shape index (κ3) is 8.73. The lowest BCUT2D eigenvalue weighted by Gasteiger charge is -2.33. The first kappa shape index (κ1) is 27.4. The second-order valence-electron chi connectivity index (χ2n) is 9.54. The van der Waals surface area contributed by atoms with Gasteiger partial charge in [-0.15, -0.1) is 0 Å². The quantitative estimate of drug-likeness (QED) is 0.330. The molecular weight excluding hydrogens is 364 g/mol. The van der Waals surface area contributed by atoms with Crippen LogP contribution in [0, 0.1) is 23.2 Å². The van der Waals surface area contributed by atoms with Gasteiger partial charge in [0.2, 0.25) is 5.91 Å². The second kappa shape index (κ2) is 12.2. The number of amides is 1. The van der Waals surface area contributed by atoms with Crippen LogP contribution in [0.2, 0.25) is 0 Å². The number of esters is 1. The Hall–Kier alpha value is -1.62. The summed E-state index contributed by atoms with van der Waals surface area (Å²) < 4.78 is 5.09. The van der Waals surface area contributed by atoms with Gasteiger partial charge < -0.3 is 15.0 Å². The van der Waals surface area contributed by atoms with Gasteiger partial charge >= 0.3 is 5.97 Å². The van der Waals surface area contributed by atoms with Crippen molar-refractivity contribution in [2.75, 3.05) is 20.7 Å². The summed E-state index contributed by atoms with van der Waals surface area (Å²) in [6.45, 7) is 18.6. The molecule has 1 amide bonds. The molecule has 0 aromatic rings. The van der Waals surface area contributed by atoms with E-state index in [-0.39, 0.29) is 47.1 Å². The predicted molar refractivity (Wildman–Crippen MR) is 122 cm³/mol. The summed E-state index contributed by atoms with van der Waals surface area (Å²) in [6.07, 6.45) is 6.00. The molecule has 3 atom stereocenters. The summed E-state index contributed by atoms with van der Waals surface area (Å²) in [5.74, 6) is -0.157. The van der Waals surface area contributed by atoms with E-state index in [1.54, 1.807) is 18.7 Å². The van der Waals surface area contributed by atoms with Crippen LogP contribution < -0.4 is 5.32 Å². The van der Waals surface area contributed by atoms with E-state index in [9.17, 15) is 9.59 Å². The fourth-order valence-corrected chi connectivity index (χ4v) is 3.34. The van der Waals surface area contributed by atoms with Crippen LogP contribution in [-0.2, 0) is 14.3 Å². The Morgan fingerprint density at radius 2 is 1.62 bits per heavy atom. The lowest BCUT2D eigenvalue weighted by molar-refractivity contribution is -0.139. The molecule has 0 saturated carbocycles. The lowest BCUT2D eigenvalue weighted by Crippen LogP contribution is -2.44. The van der Waals surface area contributed by atoms with E-state index in [1.807, 2.05) is 26.2 Å². The predicted octanol–water partition coefficient (Wildman–Crippen LogP) is 4.44. The molecular formula is C24H44N2O3. The number of nitrogens with one attached hydrogen (secondary N) is 1. The Labute approximate surface area is 178 Å². The van der Waals surface area contributed by atoms with Gasteiger partial charge in [-0.2, -0.15) is 0 Å². The summed E-state index contributed by atoms with van der Waals surface area (Å²) in [4.78, 5) is 27.2. The first-order valence-corrected chi connectivity index (χ1v) is 10.8. The van der Waals surface area contributed by atoms with Crippen molar-refractivity contribution < 1.29 is 14.3 Å². The minimum atomic E-state index is -0.332. The number of hydrogen-bond donors (Lipinski definition) is 1. The molecule has 0 heterocycles. The average molecular weight is 409 g/mol. The standard InChI is InChI=1S/C24H44N2O3/c1-12-29-23(28)18(6)15-20(17(4)5)26(11)22(27)19(16(2)3)13-14-21(25-10)24(7,8)9/h13-17,19-21,25H,12H2,1-11H3/b14-13+,18-15+/t19-,20+,21+/m0/s1. The van der Waals surface area contributed by atoms with Crippen LogP contribution in [0.15, 0.2) is 23.8 Å².